The second kappa shape index (κ2) is 10.0. The van der Waals surface area contributed by atoms with Crippen LogP contribution in [0.1, 0.15) is 38.8 Å². The van der Waals surface area contributed by atoms with Gasteiger partial charge < -0.3 is 9.47 Å². The van der Waals surface area contributed by atoms with Gasteiger partial charge in [-0.05, 0) is 61.4 Å². The third-order valence-corrected chi connectivity index (χ3v) is 4.25. The number of rotatable bonds is 7. The van der Waals surface area contributed by atoms with E-state index in [2.05, 4.69) is 10.5 Å². The van der Waals surface area contributed by atoms with Gasteiger partial charge in [-0.3, -0.25) is 4.79 Å². The first kappa shape index (κ1) is 20.8. The summed E-state index contributed by atoms with van der Waals surface area (Å²) in [7, 11) is 0. The summed E-state index contributed by atoms with van der Waals surface area (Å²) in [6.07, 6.45) is 1.50. The lowest BCUT2D eigenvalue weighted by molar-refractivity contribution is 0.0728. The van der Waals surface area contributed by atoms with E-state index >= 15 is 0 Å². The van der Waals surface area contributed by atoms with Crippen molar-refractivity contribution >= 4 is 18.1 Å². The Kier molecular flexibility index (Phi) is 6.95. The standard InChI is InChI=1S/C24H22N2O4/c1-3-29-22-15-18(16-25-26-23(27)20-12-8-7-9-17(20)2)13-14-21(22)30-24(28)19-10-5-4-6-11-19/h4-16H,3H2,1-2H3,(H,26,27)/b25-16-. The Bertz CT molecular complexity index is 1060. The Labute approximate surface area is 175 Å². The van der Waals surface area contributed by atoms with E-state index in [-0.39, 0.29) is 5.91 Å². The molecule has 0 spiro atoms. The number of hydrazone groups is 1. The molecule has 1 N–H and O–H groups in total. The molecule has 1 amide bonds. The first-order chi connectivity index (χ1) is 14.6. The third kappa shape index (κ3) is 5.32. The quantitative estimate of drug-likeness (QED) is 0.275. The number of nitrogens with one attached hydrogen (secondary N) is 1. The molecule has 0 bridgehead atoms. The van der Waals surface area contributed by atoms with Crippen molar-refractivity contribution in [3.8, 4) is 11.5 Å². The fourth-order valence-electron chi connectivity index (χ4n) is 2.74. The highest BCUT2D eigenvalue weighted by atomic mass is 16.6. The van der Waals surface area contributed by atoms with Crippen LogP contribution in [-0.4, -0.2) is 24.7 Å². The van der Waals surface area contributed by atoms with Gasteiger partial charge in [0.05, 0.1) is 18.4 Å². The van der Waals surface area contributed by atoms with Crippen LogP contribution in [0.5, 0.6) is 11.5 Å². The maximum Gasteiger partial charge on any atom is 0.343 e. The predicted molar refractivity (Wildman–Crippen MR) is 115 cm³/mol. The fraction of sp³-hybridized carbons (Fsp3) is 0.125. The van der Waals surface area contributed by atoms with Crippen LogP contribution in [0.2, 0.25) is 0 Å². The van der Waals surface area contributed by atoms with Gasteiger partial charge in [0.2, 0.25) is 0 Å². The van der Waals surface area contributed by atoms with Crippen molar-refractivity contribution in [3.63, 3.8) is 0 Å². The topological polar surface area (TPSA) is 77.0 Å². The first-order valence-electron chi connectivity index (χ1n) is 9.51. The van der Waals surface area contributed by atoms with Crippen molar-refractivity contribution in [2.75, 3.05) is 6.61 Å². The van der Waals surface area contributed by atoms with Gasteiger partial charge in [0.1, 0.15) is 0 Å². The molecule has 0 aliphatic carbocycles. The highest BCUT2D eigenvalue weighted by Gasteiger charge is 2.13. The molecule has 0 aliphatic heterocycles. The molecule has 3 aromatic rings. The van der Waals surface area contributed by atoms with Crippen molar-refractivity contribution in [1.29, 1.82) is 0 Å². The number of benzene rings is 3. The normalized spacial score (nSPS) is 10.6. The van der Waals surface area contributed by atoms with Gasteiger partial charge in [-0.25, -0.2) is 10.2 Å². The molecule has 0 unspecified atom stereocenters. The van der Waals surface area contributed by atoms with Crippen molar-refractivity contribution < 1.29 is 19.1 Å². The van der Waals surface area contributed by atoms with Crippen LogP contribution in [-0.2, 0) is 0 Å². The molecule has 6 heteroatoms. The highest BCUT2D eigenvalue weighted by molar-refractivity contribution is 5.96. The zero-order chi connectivity index (χ0) is 21.3. The van der Waals surface area contributed by atoms with Gasteiger partial charge in [-0.2, -0.15) is 5.10 Å². The molecule has 152 valence electrons. The van der Waals surface area contributed by atoms with Crippen molar-refractivity contribution in [3.05, 3.63) is 95.1 Å². The number of nitrogens with zero attached hydrogens (tertiary/aromatic N) is 1. The van der Waals surface area contributed by atoms with E-state index in [1.165, 1.54) is 6.21 Å². The van der Waals surface area contributed by atoms with Gasteiger partial charge in [0.15, 0.2) is 11.5 Å². The zero-order valence-electron chi connectivity index (χ0n) is 16.8. The van der Waals surface area contributed by atoms with Crippen molar-refractivity contribution in [2.45, 2.75) is 13.8 Å². The summed E-state index contributed by atoms with van der Waals surface area (Å²) in [5.74, 6) is -0.0333. The molecule has 0 saturated carbocycles. The number of aryl methyl sites for hydroxylation is 1. The molecule has 0 aromatic heterocycles. The average molecular weight is 402 g/mol. The average Bonchev–Trinajstić information content (AvgIpc) is 2.76. The Morgan fingerprint density at radius 2 is 1.70 bits per heavy atom. The molecular weight excluding hydrogens is 380 g/mol. The van der Waals surface area contributed by atoms with Crippen LogP contribution < -0.4 is 14.9 Å². The molecular formula is C24H22N2O4. The van der Waals surface area contributed by atoms with Crippen LogP contribution in [0.15, 0.2) is 77.9 Å². The summed E-state index contributed by atoms with van der Waals surface area (Å²) in [5.41, 5.74) is 5.08. The second-order valence-corrected chi connectivity index (χ2v) is 6.41. The lowest BCUT2D eigenvalue weighted by atomic mass is 10.1. The van der Waals surface area contributed by atoms with Gasteiger partial charge in [-0.15, -0.1) is 0 Å². The summed E-state index contributed by atoms with van der Waals surface area (Å²) >= 11 is 0. The number of esters is 1. The number of ether oxygens (including phenoxy) is 2. The fourth-order valence-corrected chi connectivity index (χ4v) is 2.74. The molecule has 0 atom stereocenters. The largest absolute Gasteiger partial charge is 0.490 e. The number of carbonyl (C=O) groups is 2. The van der Waals surface area contributed by atoms with E-state index in [1.54, 1.807) is 54.6 Å². The molecule has 3 rings (SSSR count). The maximum atomic E-state index is 12.3. The number of hydrogen-bond donors (Lipinski definition) is 1. The Balaban J connectivity index is 1.71. The van der Waals surface area contributed by atoms with E-state index in [9.17, 15) is 9.59 Å². The van der Waals surface area contributed by atoms with E-state index in [4.69, 9.17) is 9.47 Å². The SMILES string of the molecule is CCOc1cc(/C=N\NC(=O)c2ccccc2C)ccc1OC(=O)c1ccccc1. The molecule has 0 fully saturated rings. The third-order valence-electron chi connectivity index (χ3n) is 4.25. The minimum absolute atomic E-state index is 0.289. The van der Waals surface area contributed by atoms with Gasteiger partial charge in [-0.1, -0.05) is 36.4 Å². The Morgan fingerprint density at radius 3 is 2.43 bits per heavy atom. The van der Waals surface area contributed by atoms with E-state index < -0.39 is 5.97 Å². The zero-order valence-corrected chi connectivity index (χ0v) is 16.8. The van der Waals surface area contributed by atoms with E-state index in [1.807, 2.05) is 32.0 Å². The lowest BCUT2D eigenvalue weighted by Gasteiger charge is -2.11. The minimum Gasteiger partial charge on any atom is -0.490 e. The smallest absolute Gasteiger partial charge is 0.343 e. The highest BCUT2D eigenvalue weighted by Crippen LogP contribution is 2.29. The van der Waals surface area contributed by atoms with Crippen molar-refractivity contribution in [2.24, 2.45) is 5.10 Å². The maximum absolute atomic E-state index is 12.3. The lowest BCUT2D eigenvalue weighted by Crippen LogP contribution is -2.18. The van der Waals surface area contributed by atoms with Gasteiger partial charge in [0, 0.05) is 5.56 Å². The van der Waals surface area contributed by atoms with Crippen LogP contribution >= 0.6 is 0 Å². The van der Waals surface area contributed by atoms with Crippen LogP contribution in [0, 0.1) is 6.92 Å². The predicted octanol–water partition coefficient (Wildman–Crippen LogP) is 4.38. The van der Waals surface area contributed by atoms with Crippen LogP contribution in [0.25, 0.3) is 0 Å². The van der Waals surface area contributed by atoms with Crippen LogP contribution in [0.3, 0.4) is 0 Å². The van der Waals surface area contributed by atoms with E-state index in [0.29, 0.717) is 34.8 Å². The second-order valence-electron chi connectivity index (χ2n) is 6.41. The molecule has 6 nitrogen and oxygen atoms in total. The Hall–Kier alpha value is -3.93. The molecule has 0 saturated heterocycles. The number of hydrogen-bond acceptors (Lipinski definition) is 5. The molecule has 3 aromatic carbocycles. The van der Waals surface area contributed by atoms with Gasteiger partial charge in [0.25, 0.3) is 5.91 Å². The summed E-state index contributed by atoms with van der Waals surface area (Å²) in [4.78, 5) is 24.5. The Morgan fingerprint density at radius 1 is 0.967 bits per heavy atom. The first-order valence-corrected chi connectivity index (χ1v) is 9.51. The van der Waals surface area contributed by atoms with Crippen LogP contribution in [0.4, 0.5) is 0 Å². The van der Waals surface area contributed by atoms with E-state index in [0.717, 1.165) is 5.56 Å². The summed E-state index contributed by atoms with van der Waals surface area (Å²) in [5, 5.41) is 4.01. The molecule has 0 radical (unpaired) electrons. The molecule has 30 heavy (non-hydrogen) atoms. The monoisotopic (exact) mass is 402 g/mol. The molecule has 0 aliphatic rings. The van der Waals surface area contributed by atoms with Gasteiger partial charge >= 0.3 is 5.97 Å². The van der Waals surface area contributed by atoms with Crippen molar-refractivity contribution in [1.82, 2.24) is 5.43 Å². The minimum atomic E-state index is -0.469. The molecule has 0 heterocycles. The number of carbonyl (C=O) groups excluding carboxylic acids is 2. The summed E-state index contributed by atoms with van der Waals surface area (Å²) in [6.45, 7) is 4.11. The summed E-state index contributed by atoms with van der Waals surface area (Å²) < 4.78 is 11.1. The number of amides is 1. The summed E-state index contributed by atoms with van der Waals surface area (Å²) in [6, 6.07) is 21.1.